The van der Waals surface area contributed by atoms with Crippen molar-refractivity contribution < 1.29 is 0 Å². The zero-order valence-electron chi connectivity index (χ0n) is 12.0. The molecule has 0 bridgehead atoms. The summed E-state index contributed by atoms with van der Waals surface area (Å²) >= 11 is 3.61. The minimum absolute atomic E-state index is 1.12. The van der Waals surface area contributed by atoms with Crippen LogP contribution in [-0.4, -0.2) is 11.6 Å². The van der Waals surface area contributed by atoms with Crippen molar-refractivity contribution in [1.29, 1.82) is 0 Å². The fraction of sp³-hybridized carbons (Fsp3) is 0.0526. The summed E-state index contributed by atoms with van der Waals surface area (Å²) in [5, 5.41) is 2.59. The van der Waals surface area contributed by atoms with Crippen LogP contribution in [0, 0.1) is 0 Å². The van der Waals surface area contributed by atoms with Gasteiger partial charge in [-0.25, -0.2) is 0 Å². The van der Waals surface area contributed by atoms with Crippen molar-refractivity contribution in [3.8, 4) is 5.69 Å². The summed E-state index contributed by atoms with van der Waals surface area (Å²) in [7, 11) is 2.14. The van der Waals surface area contributed by atoms with Gasteiger partial charge in [-0.05, 0) is 36.4 Å². The van der Waals surface area contributed by atoms with Gasteiger partial charge in [-0.15, -0.1) is 0 Å². The maximum Gasteiger partial charge on any atom is 0.0779 e. The second-order valence-corrected chi connectivity index (χ2v) is 6.63. The highest BCUT2D eigenvalue weighted by molar-refractivity contribution is 9.10. The summed E-state index contributed by atoms with van der Waals surface area (Å²) in [5.41, 5.74) is 6.28. The molecule has 3 aromatic carbocycles. The van der Waals surface area contributed by atoms with Gasteiger partial charge in [0.1, 0.15) is 0 Å². The Bertz CT molecular complexity index is 1060. The number of nitrogens with zero attached hydrogens (tertiary/aromatic N) is 2. The monoisotopic (exact) mass is 348 g/mol. The zero-order chi connectivity index (χ0) is 14.8. The summed E-state index contributed by atoms with van der Waals surface area (Å²) in [6.07, 6.45) is 0. The van der Waals surface area contributed by atoms with Crippen LogP contribution in [0.5, 0.6) is 0 Å². The van der Waals surface area contributed by atoms with E-state index in [1.807, 2.05) is 0 Å². The van der Waals surface area contributed by atoms with E-state index in [9.17, 15) is 0 Å². The highest BCUT2D eigenvalue weighted by atomic mass is 79.9. The number of hydrogen-bond acceptors (Lipinski definition) is 1. The Hall–Kier alpha value is -2.26. The molecule has 22 heavy (non-hydrogen) atoms. The first-order valence-electron chi connectivity index (χ1n) is 7.31. The molecule has 0 atom stereocenters. The molecule has 106 valence electrons. The number of hydrogen-bond donors (Lipinski definition) is 0. The van der Waals surface area contributed by atoms with Gasteiger partial charge in [0, 0.05) is 22.3 Å². The van der Waals surface area contributed by atoms with Crippen molar-refractivity contribution in [3.05, 3.63) is 65.1 Å². The van der Waals surface area contributed by atoms with Crippen LogP contribution in [0.4, 0.5) is 11.4 Å². The molecule has 5 rings (SSSR count). The third kappa shape index (κ3) is 1.39. The smallest absolute Gasteiger partial charge is 0.0779 e. The van der Waals surface area contributed by atoms with E-state index in [4.69, 9.17) is 0 Å². The number of halogens is 1. The van der Waals surface area contributed by atoms with Crippen molar-refractivity contribution in [2.24, 2.45) is 0 Å². The Kier molecular flexibility index (Phi) is 2.32. The molecule has 1 aromatic heterocycles. The van der Waals surface area contributed by atoms with E-state index in [-0.39, 0.29) is 0 Å². The number of benzene rings is 3. The second-order valence-electron chi connectivity index (χ2n) is 5.72. The fourth-order valence-electron chi connectivity index (χ4n) is 3.61. The molecular weight excluding hydrogens is 336 g/mol. The quantitative estimate of drug-likeness (QED) is 0.400. The van der Waals surface area contributed by atoms with Crippen molar-refractivity contribution in [2.75, 3.05) is 11.9 Å². The molecular formula is C19H13BrN2. The van der Waals surface area contributed by atoms with Crippen LogP contribution < -0.4 is 4.90 Å². The van der Waals surface area contributed by atoms with E-state index >= 15 is 0 Å². The molecule has 0 amide bonds. The first-order valence-corrected chi connectivity index (χ1v) is 8.11. The van der Waals surface area contributed by atoms with Crippen molar-refractivity contribution in [1.82, 2.24) is 4.57 Å². The average Bonchev–Trinajstić information content (AvgIpc) is 2.87. The molecule has 0 saturated heterocycles. The van der Waals surface area contributed by atoms with Crippen LogP contribution in [0.25, 0.3) is 27.5 Å². The van der Waals surface area contributed by atoms with Crippen molar-refractivity contribution in [3.63, 3.8) is 0 Å². The van der Waals surface area contributed by atoms with Crippen molar-refractivity contribution in [2.45, 2.75) is 0 Å². The van der Waals surface area contributed by atoms with Gasteiger partial charge in [0.2, 0.25) is 0 Å². The minimum Gasteiger partial charge on any atom is -0.341 e. The Balaban J connectivity index is 2.11. The van der Waals surface area contributed by atoms with Crippen LogP contribution in [0.3, 0.4) is 0 Å². The van der Waals surface area contributed by atoms with Gasteiger partial charge in [0.15, 0.2) is 0 Å². The fourth-order valence-corrected chi connectivity index (χ4v) is 3.97. The van der Waals surface area contributed by atoms with Gasteiger partial charge >= 0.3 is 0 Å². The van der Waals surface area contributed by atoms with Crippen LogP contribution in [0.2, 0.25) is 0 Å². The molecule has 2 heterocycles. The molecule has 1 aliphatic rings. The van der Waals surface area contributed by atoms with Gasteiger partial charge in [-0.2, -0.15) is 0 Å². The molecule has 0 spiro atoms. The van der Waals surface area contributed by atoms with Gasteiger partial charge in [-0.1, -0.05) is 40.2 Å². The lowest BCUT2D eigenvalue weighted by Gasteiger charge is -2.29. The summed E-state index contributed by atoms with van der Waals surface area (Å²) in [4.78, 5) is 2.28. The average molecular weight is 349 g/mol. The summed E-state index contributed by atoms with van der Waals surface area (Å²) in [6, 6.07) is 21.7. The van der Waals surface area contributed by atoms with E-state index in [1.54, 1.807) is 0 Å². The molecule has 4 aromatic rings. The molecule has 2 nitrogen and oxygen atoms in total. The number of para-hydroxylation sites is 3. The van der Waals surface area contributed by atoms with Crippen LogP contribution in [-0.2, 0) is 0 Å². The van der Waals surface area contributed by atoms with E-state index < -0.39 is 0 Å². The number of aromatic nitrogens is 1. The molecule has 0 radical (unpaired) electrons. The lowest BCUT2D eigenvalue weighted by molar-refractivity contribution is 1.08. The van der Waals surface area contributed by atoms with Crippen molar-refractivity contribution >= 4 is 49.1 Å². The lowest BCUT2D eigenvalue weighted by atomic mass is 10.1. The Labute approximate surface area is 136 Å². The third-order valence-electron chi connectivity index (χ3n) is 4.57. The molecule has 1 aliphatic heterocycles. The first kappa shape index (κ1) is 12.3. The number of rotatable bonds is 0. The van der Waals surface area contributed by atoms with E-state index in [0.717, 1.165) is 4.47 Å². The molecule has 0 fully saturated rings. The van der Waals surface area contributed by atoms with Gasteiger partial charge < -0.3 is 9.47 Å². The normalized spacial score (nSPS) is 12.9. The highest BCUT2D eigenvalue weighted by Gasteiger charge is 2.24. The third-order valence-corrected chi connectivity index (χ3v) is 5.07. The van der Waals surface area contributed by atoms with E-state index in [2.05, 4.69) is 93.1 Å². The van der Waals surface area contributed by atoms with E-state index in [1.165, 1.54) is 38.9 Å². The maximum absolute atomic E-state index is 3.61. The lowest BCUT2D eigenvalue weighted by Crippen LogP contribution is -2.17. The predicted octanol–water partition coefficient (Wildman–Crippen LogP) is 5.63. The highest BCUT2D eigenvalue weighted by Crippen LogP contribution is 2.45. The van der Waals surface area contributed by atoms with E-state index in [0.29, 0.717) is 0 Å². The Morgan fingerprint density at radius 2 is 1.55 bits per heavy atom. The molecule has 0 saturated carbocycles. The number of fused-ring (bicyclic) bond motifs is 5. The minimum atomic E-state index is 1.12. The van der Waals surface area contributed by atoms with Crippen LogP contribution in [0.15, 0.2) is 65.1 Å². The van der Waals surface area contributed by atoms with Gasteiger partial charge in [0.05, 0.1) is 28.1 Å². The van der Waals surface area contributed by atoms with Crippen LogP contribution >= 0.6 is 15.9 Å². The van der Waals surface area contributed by atoms with Crippen LogP contribution in [0.1, 0.15) is 0 Å². The van der Waals surface area contributed by atoms with Gasteiger partial charge in [0.25, 0.3) is 0 Å². The maximum atomic E-state index is 3.61. The summed E-state index contributed by atoms with van der Waals surface area (Å²) in [6.45, 7) is 0. The predicted molar refractivity (Wildman–Crippen MR) is 96.5 cm³/mol. The standard InChI is InChI=1S/C19H13BrN2/c1-21-16-6-2-3-7-17(16)22-15-10-9-12(20)11-14(15)13-5-4-8-18(21)19(13)22/h2-11H,1H3. The summed E-state index contributed by atoms with van der Waals surface area (Å²) in [5.74, 6) is 0. The second kappa shape index (κ2) is 4.14. The Morgan fingerprint density at radius 3 is 2.41 bits per heavy atom. The molecule has 0 unspecified atom stereocenters. The molecule has 0 N–H and O–H groups in total. The molecule has 0 aliphatic carbocycles. The summed E-state index contributed by atoms with van der Waals surface area (Å²) < 4.78 is 3.51. The topological polar surface area (TPSA) is 8.17 Å². The first-order chi connectivity index (χ1) is 10.8. The Morgan fingerprint density at radius 1 is 0.773 bits per heavy atom. The largest absolute Gasteiger partial charge is 0.341 e. The SMILES string of the molecule is CN1c2ccccc2-n2c3ccc(Br)cc3c3cccc1c32. The number of anilines is 2. The van der Waals surface area contributed by atoms with Gasteiger partial charge in [-0.3, -0.25) is 0 Å². The molecule has 3 heteroatoms. The zero-order valence-corrected chi connectivity index (χ0v) is 13.6.